The summed E-state index contributed by atoms with van der Waals surface area (Å²) >= 11 is 1.55. The van der Waals surface area contributed by atoms with E-state index in [0.717, 1.165) is 28.7 Å². The number of nitrogens with zero attached hydrogens (tertiary/aromatic N) is 2. The van der Waals surface area contributed by atoms with Gasteiger partial charge in [0.2, 0.25) is 17.6 Å². The average Bonchev–Trinajstić information content (AvgIpc) is 3.14. The van der Waals surface area contributed by atoms with Crippen molar-refractivity contribution in [3.63, 3.8) is 0 Å². The number of amides is 1. The Morgan fingerprint density at radius 1 is 1.30 bits per heavy atom. The summed E-state index contributed by atoms with van der Waals surface area (Å²) in [5, 5.41) is 8.83. The zero-order valence-electron chi connectivity index (χ0n) is 14.9. The third-order valence-corrected chi connectivity index (χ3v) is 5.17. The minimum atomic E-state index is -0.0816. The number of anilines is 1. The highest BCUT2D eigenvalue weighted by Gasteiger charge is 2.21. The third-order valence-electron chi connectivity index (χ3n) is 4.31. The van der Waals surface area contributed by atoms with Gasteiger partial charge >= 0.3 is 0 Å². The van der Waals surface area contributed by atoms with Crippen LogP contribution in [-0.2, 0) is 22.6 Å². The summed E-state index contributed by atoms with van der Waals surface area (Å²) in [6, 6.07) is 11.6. The van der Waals surface area contributed by atoms with Gasteiger partial charge in [-0.05, 0) is 47.9 Å². The van der Waals surface area contributed by atoms with E-state index in [2.05, 4.69) is 15.5 Å². The quantitative estimate of drug-likeness (QED) is 0.596. The van der Waals surface area contributed by atoms with Gasteiger partial charge in [0.05, 0.1) is 11.5 Å². The molecule has 0 saturated heterocycles. The highest BCUT2D eigenvalue weighted by molar-refractivity contribution is 7.13. The molecule has 0 radical (unpaired) electrons. The molecule has 7 heteroatoms. The van der Waals surface area contributed by atoms with E-state index < -0.39 is 0 Å². The second-order valence-electron chi connectivity index (χ2n) is 6.70. The van der Waals surface area contributed by atoms with Gasteiger partial charge < -0.3 is 14.6 Å². The van der Waals surface area contributed by atoms with E-state index >= 15 is 0 Å². The number of aryl methyl sites for hydroxylation is 1. The number of carbonyl (C=O) groups is 1. The Hall–Kier alpha value is -2.51. The maximum absolute atomic E-state index is 12.2. The van der Waals surface area contributed by atoms with Gasteiger partial charge in [0.1, 0.15) is 0 Å². The van der Waals surface area contributed by atoms with Crippen molar-refractivity contribution >= 4 is 22.9 Å². The van der Waals surface area contributed by atoms with Crippen molar-refractivity contribution in [2.45, 2.75) is 32.3 Å². The zero-order chi connectivity index (χ0) is 18.5. The first-order valence-electron chi connectivity index (χ1n) is 9.09. The van der Waals surface area contributed by atoms with Gasteiger partial charge in [0, 0.05) is 25.1 Å². The van der Waals surface area contributed by atoms with Crippen LogP contribution in [0.25, 0.3) is 10.7 Å². The van der Waals surface area contributed by atoms with Gasteiger partial charge in [0.15, 0.2) is 0 Å². The second kappa shape index (κ2) is 8.45. The molecule has 4 rings (SSSR count). The number of hydrogen-bond donors (Lipinski definition) is 1. The number of nitrogens with one attached hydrogen (secondary N) is 1. The molecular weight excluding hydrogens is 362 g/mol. The van der Waals surface area contributed by atoms with Crippen LogP contribution < -0.4 is 5.32 Å². The van der Waals surface area contributed by atoms with Gasteiger partial charge in [-0.2, -0.15) is 4.98 Å². The fraction of sp³-hybridized carbons (Fsp3) is 0.350. The molecule has 1 N–H and O–H groups in total. The van der Waals surface area contributed by atoms with Crippen molar-refractivity contribution in [3.05, 3.63) is 53.2 Å². The van der Waals surface area contributed by atoms with E-state index in [9.17, 15) is 4.79 Å². The number of thiophene rings is 1. The van der Waals surface area contributed by atoms with Crippen LogP contribution in [0.5, 0.6) is 0 Å². The number of benzene rings is 1. The summed E-state index contributed by atoms with van der Waals surface area (Å²) in [4.78, 5) is 17.5. The molecular formula is C20H21N3O3S. The maximum Gasteiger partial charge on any atom is 0.227 e. The van der Waals surface area contributed by atoms with Crippen molar-refractivity contribution in [2.24, 2.45) is 5.92 Å². The van der Waals surface area contributed by atoms with Crippen LogP contribution in [0.1, 0.15) is 30.7 Å². The van der Waals surface area contributed by atoms with Gasteiger partial charge in [-0.25, -0.2) is 0 Å². The van der Waals surface area contributed by atoms with Crippen molar-refractivity contribution in [3.8, 4) is 10.7 Å². The number of rotatable bonds is 9. The summed E-state index contributed by atoms with van der Waals surface area (Å²) in [6.07, 6.45) is 3.26. The summed E-state index contributed by atoms with van der Waals surface area (Å²) in [5.41, 5.74) is 1.84. The number of hydrogen-bond acceptors (Lipinski definition) is 6. The minimum Gasteiger partial charge on any atom is -0.376 e. The van der Waals surface area contributed by atoms with E-state index in [1.165, 1.54) is 12.8 Å². The molecule has 3 aromatic rings. The van der Waals surface area contributed by atoms with E-state index in [-0.39, 0.29) is 12.3 Å². The lowest BCUT2D eigenvalue weighted by atomic mass is 10.2. The van der Waals surface area contributed by atoms with Crippen LogP contribution in [-0.4, -0.2) is 22.7 Å². The molecule has 1 aliphatic rings. The van der Waals surface area contributed by atoms with Crippen LogP contribution in [0, 0.1) is 5.92 Å². The Balaban J connectivity index is 1.25. The van der Waals surface area contributed by atoms with Crippen LogP contribution >= 0.6 is 11.3 Å². The molecule has 1 amide bonds. The Kier molecular flexibility index (Phi) is 5.60. The highest BCUT2D eigenvalue weighted by Crippen LogP contribution is 2.29. The molecule has 1 aliphatic carbocycles. The van der Waals surface area contributed by atoms with Crippen molar-refractivity contribution in [2.75, 3.05) is 11.9 Å². The topological polar surface area (TPSA) is 77.2 Å². The van der Waals surface area contributed by atoms with Crippen LogP contribution in [0.15, 0.2) is 46.3 Å². The van der Waals surface area contributed by atoms with E-state index in [0.29, 0.717) is 24.7 Å². The van der Waals surface area contributed by atoms with E-state index in [1.807, 2.05) is 41.8 Å². The Morgan fingerprint density at radius 2 is 2.22 bits per heavy atom. The van der Waals surface area contributed by atoms with Crippen molar-refractivity contribution < 1.29 is 14.1 Å². The van der Waals surface area contributed by atoms with Crippen LogP contribution in [0.3, 0.4) is 0 Å². The third kappa shape index (κ3) is 5.24. The Morgan fingerprint density at radius 3 is 3.04 bits per heavy atom. The van der Waals surface area contributed by atoms with Crippen molar-refractivity contribution in [1.82, 2.24) is 10.1 Å². The lowest BCUT2D eigenvalue weighted by molar-refractivity contribution is -0.116. The second-order valence-corrected chi connectivity index (χ2v) is 7.64. The molecule has 0 bridgehead atoms. The molecule has 27 heavy (non-hydrogen) atoms. The first kappa shape index (κ1) is 17.9. The predicted molar refractivity (Wildman–Crippen MR) is 103 cm³/mol. The first-order chi connectivity index (χ1) is 13.3. The first-order valence-corrected chi connectivity index (χ1v) is 9.97. The smallest absolute Gasteiger partial charge is 0.227 e. The number of aromatic nitrogens is 2. The van der Waals surface area contributed by atoms with Gasteiger partial charge in [-0.15, -0.1) is 11.3 Å². The fourth-order valence-electron chi connectivity index (χ4n) is 2.67. The maximum atomic E-state index is 12.2. The molecule has 0 atom stereocenters. The SMILES string of the molecule is O=C(CCc1nc(-c2cccs2)no1)Nc1cccc(COCC2CC2)c1. The molecule has 1 saturated carbocycles. The lowest BCUT2D eigenvalue weighted by Gasteiger charge is -2.07. The van der Waals surface area contributed by atoms with Gasteiger partial charge in [-0.1, -0.05) is 23.4 Å². The molecule has 6 nitrogen and oxygen atoms in total. The van der Waals surface area contributed by atoms with Crippen LogP contribution in [0.2, 0.25) is 0 Å². The Labute approximate surface area is 161 Å². The summed E-state index contributed by atoms with van der Waals surface area (Å²) < 4.78 is 10.9. The Bertz CT molecular complexity index is 888. The zero-order valence-corrected chi connectivity index (χ0v) is 15.7. The molecule has 2 aromatic heterocycles. The van der Waals surface area contributed by atoms with Gasteiger partial charge in [0.25, 0.3) is 0 Å². The van der Waals surface area contributed by atoms with E-state index in [4.69, 9.17) is 9.26 Å². The average molecular weight is 383 g/mol. The van der Waals surface area contributed by atoms with Gasteiger partial charge in [-0.3, -0.25) is 4.79 Å². The summed E-state index contributed by atoms with van der Waals surface area (Å²) in [7, 11) is 0. The monoisotopic (exact) mass is 383 g/mol. The minimum absolute atomic E-state index is 0.0816. The predicted octanol–water partition coefficient (Wildman–Crippen LogP) is 4.30. The number of ether oxygens (including phenoxy) is 1. The molecule has 0 aliphatic heterocycles. The lowest BCUT2D eigenvalue weighted by Crippen LogP contribution is -2.12. The standard InChI is InChI=1S/C20H21N3O3S/c24-18(8-9-19-22-20(23-26-19)17-5-2-10-27-17)21-16-4-1-3-15(11-16)13-25-12-14-6-7-14/h1-5,10-11,14H,6-9,12-13H2,(H,21,24). The fourth-order valence-corrected chi connectivity index (χ4v) is 3.32. The molecule has 140 valence electrons. The molecule has 0 unspecified atom stereocenters. The summed E-state index contributed by atoms with van der Waals surface area (Å²) in [6.45, 7) is 1.40. The highest BCUT2D eigenvalue weighted by atomic mass is 32.1. The van der Waals surface area contributed by atoms with Crippen molar-refractivity contribution in [1.29, 1.82) is 0 Å². The van der Waals surface area contributed by atoms with E-state index in [1.54, 1.807) is 11.3 Å². The van der Waals surface area contributed by atoms with Crippen LogP contribution in [0.4, 0.5) is 5.69 Å². The molecule has 0 spiro atoms. The normalized spacial score (nSPS) is 13.6. The number of carbonyl (C=O) groups excluding carboxylic acids is 1. The summed E-state index contributed by atoms with van der Waals surface area (Å²) in [5.74, 6) is 1.70. The largest absolute Gasteiger partial charge is 0.376 e. The molecule has 2 heterocycles. The molecule has 1 aromatic carbocycles. The molecule has 1 fully saturated rings.